The summed E-state index contributed by atoms with van der Waals surface area (Å²) in [6.07, 6.45) is 7.07. The zero-order chi connectivity index (χ0) is 12.5. The fourth-order valence-corrected chi connectivity index (χ4v) is 2.69. The molecule has 1 heterocycles. The van der Waals surface area contributed by atoms with Crippen LogP contribution in [-0.4, -0.2) is 22.2 Å². The molecular formula is C13H20N2O2. The molecule has 0 radical (unpaired) electrons. The van der Waals surface area contributed by atoms with E-state index in [-0.39, 0.29) is 5.41 Å². The number of methoxy groups -OCH3 is 1. The SMILES string of the molecule is COc1nccnc1C1(O)CCCCC1(C)C. The number of nitrogens with zero attached hydrogens (tertiary/aromatic N) is 2. The average molecular weight is 236 g/mol. The molecule has 2 rings (SSSR count). The summed E-state index contributed by atoms with van der Waals surface area (Å²) in [7, 11) is 1.56. The molecule has 94 valence electrons. The standard InChI is InChI=1S/C13H20N2O2/c1-12(2)6-4-5-7-13(12,16)10-11(17-3)15-9-8-14-10/h8-9,16H,4-7H2,1-3H3. The summed E-state index contributed by atoms with van der Waals surface area (Å²) in [5.74, 6) is 0.435. The van der Waals surface area contributed by atoms with Crippen LogP contribution in [0.25, 0.3) is 0 Å². The van der Waals surface area contributed by atoms with Gasteiger partial charge in [0, 0.05) is 12.4 Å². The minimum Gasteiger partial charge on any atom is -0.480 e. The lowest BCUT2D eigenvalue weighted by molar-refractivity contribution is -0.108. The number of ether oxygens (including phenoxy) is 1. The van der Waals surface area contributed by atoms with Gasteiger partial charge in [-0.1, -0.05) is 26.7 Å². The number of aromatic nitrogens is 2. The highest BCUT2D eigenvalue weighted by atomic mass is 16.5. The van der Waals surface area contributed by atoms with E-state index in [4.69, 9.17) is 4.74 Å². The summed E-state index contributed by atoms with van der Waals surface area (Å²) in [4.78, 5) is 8.44. The maximum atomic E-state index is 11.0. The molecule has 1 aliphatic rings. The fraction of sp³-hybridized carbons (Fsp3) is 0.692. The molecule has 0 aromatic carbocycles. The zero-order valence-corrected chi connectivity index (χ0v) is 10.7. The van der Waals surface area contributed by atoms with Gasteiger partial charge in [-0.25, -0.2) is 4.98 Å². The van der Waals surface area contributed by atoms with E-state index < -0.39 is 5.60 Å². The molecule has 0 amide bonds. The summed E-state index contributed by atoms with van der Waals surface area (Å²) in [5, 5.41) is 11.0. The lowest BCUT2D eigenvalue weighted by Crippen LogP contribution is -2.45. The summed E-state index contributed by atoms with van der Waals surface area (Å²) in [5.41, 5.74) is -0.563. The van der Waals surface area contributed by atoms with Gasteiger partial charge in [-0.15, -0.1) is 0 Å². The quantitative estimate of drug-likeness (QED) is 0.855. The Morgan fingerprint density at radius 2 is 1.82 bits per heavy atom. The first-order valence-corrected chi connectivity index (χ1v) is 6.09. The third-order valence-electron chi connectivity index (χ3n) is 3.96. The van der Waals surface area contributed by atoms with E-state index in [2.05, 4.69) is 23.8 Å². The van der Waals surface area contributed by atoms with Gasteiger partial charge in [0.25, 0.3) is 0 Å². The molecule has 4 heteroatoms. The molecule has 0 saturated heterocycles. The molecule has 1 aromatic heterocycles. The van der Waals surface area contributed by atoms with E-state index in [1.165, 1.54) is 0 Å². The van der Waals surface area contributed by atoms with Gasteiger partial charge in [-0.05, 0) is 18.3 Å². The Kier molecular flexibility index (Phi) is 3.08. The smallest absolute Gasteiger partial charge is 0.238 e. The van der Waals surface area contributed by atoms with Crippen molar-refractivity contribution in [3.63, 3.8) is 0 Å². The molecule has 0 spiro atoms. The molecular weight excluding hydrogens is 216 g/mol. The van der Waals surface area contributed by atoms with Crippen molar-refractivity contribution in [1.29, 1.82) is 0 Å². The number of rotatable bonds is 2. The average Bonchev–Trinajstić information content (AvgIpc) is 2.33. The van der Waals surface area contributed by atoms with Gasteiger partial charge in [-0.3, -0.25) is 4.98 Å². The Bertz CT molecular complexity index is 406. The first kappa shape index (κ1) is 12.3. The second kappa shape index (κ2) is 4.26. The molecule has 0 bridgehead atoms. The van der Waals surface area contributed by atoms with Gasteiger partial charge >= 0.3 is 0 Å². The maximum absolute atomic E-state index is 11.0. The van der Waals surface area contributed by atoms with Crippen LogP contribution in [-0.2, 0) is 5.60 Å². The normalized spacial score (nSPS) is 27.8. The van der Waals surface area contributed by atoms with Crippen LogP contribution < -0.4 is 4.74 Å². The summed E-state index contributed by atoms with van der Waals surface area (Å²) in [6.45, 7) is 4.17. The molecule has 4 nitrogen and oxygen atoms in total. The van der Waals surface area contributed by atoms with E-state index in [0.29, 0.717) is 11.6 Å². The number of hydrogen-bond donors (Lipinski definition) is 1. The first-order chi connectivity index (χ1) is 8.01. The maximum Gasteiger partial charge on any atom is 0.238 e. The van der Waals surface area contributed by atoms with E-state index in [1.807, 2.05) is 0 Å². The summed E-state index contributed by atoms with van der Waals surface area (Å²) < 4.78 is 5.22. The lowest BCUT2D eigenvalue weighted by atomic mass is 9.64. The van der Waals surface area contributed by atoms with Crippen LogP contribution in [0.4, 0.5) is 0 Å². The van der Waals surface area contributed by atoms with Crippen molar-refractivity contribution in [2.24, 2.45) is 5.41 Å². The monoisotopic (exact) mass is 236 g/mol. The fourth-order valence-electron chi connectivity index (χ4n) is 2.69. The predicted molar refractivity (Wildman–Crippen MR) is 64.7 cm³/mol. The molecule has 1 unspecified atom stereocenters. The van der Waals surface area contributed by atoms with Gasteiger partial charge in [0.15, 0.2) is 0 Å². The highest BCUT2D eigenvalue weighted by Gasteiger charge is 2.49. The Morgan fingerprint density at radius 3 is 2.47 bits per heavy atom. The third kappa shape index (κ3) is 1.90. The number of aliphatic hydroxyl groups is 1. The summed E-state index contributed by atoms with van der Waals surface area (Å²) in [6, 6.07) is 0. The van der Waals surface area contributed by atoms with Gasteiger partial charge in [0.05, 0.1) is 7.11 Å². The van der Waals surface area contributed by atoms with Crippen molar-refractivity contribution in [3.8, 4) is 5.88 Å². The van der Waals surface area contributed by atoms with Crippen LogP contribution in [0.2, 0.25) is 0 Å². The van der Waals surface area contributed by atoms with Crippen molar-refractivity contribution in [2.75, 3.05) is 7.11 Å². The molecule has 1 fully saturated rings. The predicted octanol–water partition coefficient (Wildman–Crippen LogP) is 2.27. The van der Waals surface area contributed by atoms with Crippen molar-refractivity contribution < 1.29 is 9.84 Å². The number of hydrogen-bond acceptors (Lipinski definition) is 4. The highest BCUT2D eigenvalue weighted by molar-refractivity contribution is 5.27. The van der Waals surface area contributed by atoms with Crippen LogP contribution >= 0.6 is 0 Å². The minimum atomic E-state index is -0.940. The van der Waals surface area contributed by atoms with Crippen LogP contribution in [0, 0.1) is 5.41 Å². The summed E-state index contributed by atoms with van der Waals surface area (Å²) >= 11 is 0. The molecule has 1 N–H and O–H groups in total. The van der Waals surface area contributed by atoms with Gasteiger partial charge in [-0.2, -0.15) is 0 Å². The second-order valence-corrected chi connectivity index (χ2v) is 5.37. The Hall–Kier alpha value is -1.16. The van der Waals surface area contributed by atoms with Crippen LogP contribution in [0.3, 0.4) is 0 Å². The lowest BCUT2D eigenvalue weighted by Gasteiger charge is -2.45. The van der Waals surface area contributed by atoms with Crippen molar-refractivity contribution >= 4 is 0 Å². The largest absolute Gasteiger partial charge is 0.480 e. The van der Waals surface area contributed by atoms with Crippen molar-refractivity contribution in [1.82, 2.24) is 9.97 Å². The van der Waals surface area contributed by atoms with Gasteiger partial charge in [0.2, 0.25) is 5.88 Å². The zero-order valence-electron chi connectivity index (χ0n) is 10.7. The topological polar surface area (TPSA) is 55.2 Å². The van der Waals surface area contributed by atoms with Gasteiger partial charge < -0.3 is 9.84 Å². The third-order valence-corrected chi connectivity index (χ3v) is 3.96. The molecule has 17 heavy (non-hydrogen) atoms. The molecule has 0 aliphatic heterocycles. The van der Waals surface area contributed by atoms with E-state index in [9.17, 15) is 5.11 Å². The highest BCUT2D eigenvalue weighted by Crippen LogP contribution is 2.51. The minimum absolute atomic E-state index is 0.200. The van der Waals surface area contributed by atoms with Crippen LogP contribution in [0.15, 0.2) is 12.4 Å². The molecule has 1 aliphatic carbocycles. The molecule has 1 saturated carbocycles. The second-order valence-electron chi connectivity index (χ2n) is 5.37. The van der Waals surface area contributed by atoms with E-state index >= 15 is 0 Å². The molecule has 1 atom stereocenters. The Morgan fingerprint density at radius 1 is 1.18 bits per heavy atom. The van der Waals surface area contributed by atoms with E-state index in [0.717, 1.165) is 25.7 Å². The Balaban J connectivity index is 2.49. The van der Waals surface area contributed by atoms with Crippen LogP contribution in [0.1, 0.15) is 45.2 Å². The first-order valence-electron chi connectivity index (χ1n) is 6.09. The van der Waals surface area contributed by atoms with Crippen LogP contribution in [0.5, 0.6) is 5.88 Å². The molecule has 1 aromatic rings. The Labute approximate surface area is 102 Å². The van der Waals surface area contributed by atoms with Crippen molar-refractivity contribution in [3.05, 3.63) is 18.1 Å². The van der Waals surface area contributed by atoms with E-state index in [1.54, 1.807) is 19.5 Å². The van der Waals surface area contributed by atoms with Gasteiger partial charge in [0.1, 0.15) is 11.3 Å². The van der Waals surface area contributed by atoms with Crippen molar-refractivity contribution in [2.45, 2.75) is 45.1 Å².